The minimum absolute atomic E-state index is 0.335. The van der Waals surface area contributed by atoms with Gasteiger partial charge in [0.2, 0.25) is 0 Å². The molecule has 2 aromatic rings. The zero-order valence-corrected chi connectivity index (χ0v) is 17.8. The molecule has 0 heterocycles. The summed E-state index contributed by atoms with van der Waals surface area (Å²) in [5.41, 5.74) is 3.23. The van der Waals surface area contributed by atoms with Crippen molar-refractivity contribution in [1.82, 2.24) is 0 Å². The number of carbonyl (C=O) groups excluding carboxylic acids is 1. The van der Waals surface area contributed by atoms with Crippen molar-refractivity contribution in [3.05, 3.63) is 77.4 Å². The van der Waals surface area contributed by atoms with Crippen LogP contribution < -0.4 is 4.74 Å². The molecule has 0 amide bonds. The van der Waals surface area contributed by atoms with E-state index in [1.165, 1.54) is 0 Å². The molecule has 0 fully saturated rings. The fourth-order valence-electron chi connectivity index (χ4n) is 2.77. The molecule has 0 spiro atoms. The number of hydrogen-bond acceptors (Lipinski definition) is 5. The molecule has 5 nitrogen and oxygen atoms in total. The lowest BCUT2D eigenvalue weighted by molar-refractivity contribution is -0.139. The number of nitriles is 2. The largest absolute Gasteiger partial charge is 0.494 e. The Bertz CT molecular complexity index is 991. The van der Waals surface area contributed by atoms with Crippen LogP contribution in [0, 0.1) is 22.7 Å². The summed E-state index contributed by atoms with van der Waals surface area (Å²) in [5.74, 6) is 0.424. The van der Waals surface area contributed by atoms with Crippen molar-refractivity contribution >= 4 is 17.6 Å². The molecule has 0 saturated carbocycles. The highest BCUT2D eigenvalue weighted by Gasteiger charge is 2.04. The molecule has 0 saturated heterocycles. The Morgan fingerprint density at radius 3 is 2.19 bits per heavy atom. The second-order valence-corrected chi connectivity index (χ2v) is 7.11. The van der Waals surface area contributed by atoms with E-state index >= 15 is 0 Å². The molecule has 5 heteroatoms. The van der Waals surface area contributed by atoms with E-state index in [0.717, 1.165) is 42.6 Å². The Morgan fingerprint density at radius 1 is 0.968 bits per heavy atom. The molecule has 0 aromatic heterocycles. The highest BCUT2D eigenvalue weighted by molar-refractivity contribution is 5.89. The van der Waals surface area contributed by atoms with Gasteiger partial charge in [-0.1, -0.05) is 18.7 Å². The molecule has 0 N–H and O–H groups in total. The number of hydrogen-bond donors (Lipinski definition) is 0. The van der Waals surface area contributed by atoms with Gasteiger partial charge in [-0.15, -0.1) is 0 Å². The summed E-state index contributed by atoms with van der Waals surface area (Å²) in [6.45, 7) is 6.22. The standard InChI is InChI=1S/C26H26N2O3/c1-20(2)26(29)31-16-6-4-3-5-15-30-25-13-11-23(12-14-25)24(19-28)17-21-7-9-22(18-27)10-8-21/h7-14,17H,1,3-6,15-16H2,2H3/b24-17+. The molecule has 0 unspecified atom stereocenters. The van der Waals surface area contributed by atoms with Crippen molar-refractivity contribution in [2.75, 3.05) is 13.2 Å². The molecule has 0 radical (unpaired) electrons. The van der Waals surface area contributed by atoms with Crippen LogP contribution in [-0.4, -0.2) is 19.2 Å². The van der Waals surface area contributed by atoms with Crippen LogP contribution in [0.4, 0.5) is 0 Å². The monoisotopic (exact) mass is 414 g/mol. The van der Waals surface area contributed by atoms with E-state index in [-0.39, 0.29) is 5.97 Å². The molecular formula is C26H26N2O3. The quantitative estimate of drug-likeness (QED) is 0.155. The third-order valence-corrected chi connectivity index (χ3v) is 4.53. The summed E-state index contributed by atoms with van der Waals surface area (Å²) in [4.78, 5) is 11.3. The minimum Gasteiger partial charge on any atom is -0.494 e. The van der Waals surface area contributed by atoms with Crippen LogP contribution in [0.3, 0.4) is 0 Å². The van der Waals surface area contributed by atoms with Gasteiger partial charge < -0.3 is 9.47 Å². The molecule has 158 valence electrons. The molecule has 0 aliphatic rings. The first kappa shape index (κ1) is 23.4. The number of allylic oxidation sites excluding steroid dienone is 1. The average molecular weight is 415 g/mol. The fraction of sp³-hybridized carbons (Fsp3) is 0.269. The first-order chi connectivity index (χ1) is 15.0. The number of rotatable bonds is 11. The zero-order chi connectivity index (χ0) is 22.5. The predicted octanol–water partition coefficient (Wildman–Crippen LogP) is 5.68. The van der Waals surface area contributed by atoms with E-state index in [1.807, 2.05) is 36.4 Å². The topological polar surface area (TPSA) is 83.1 Å². The van der Waals surface area contributed by atoms with E-state index in [9.17, 15) is 10.1 Å². The van der Waals surface area contributed by atoms with E-state index in [1.54, 1.807) is 25.1 Å². The maximum absolute atomic E-state index is 11.3. The van der Waals surface area contributed by atoms with Crippen molar-refractivity contribution in [2.24, 2.45) is 0 Å². The first-order valence-corrected chi connectivity index (χ1v) is 10.2. The lowest BCUT2D eigenvalue weighted by Gasteiger charge is -2.08. The predicted molar refractivity (Wildman–Crippen MR) is 121 cm³/mol. The Balaban J connectivity index is 1.75. The molecular weight excluding hydrogens is 388 g/mol. The number of ether oxygens (including phenoxy) is 2. The van der Waals surface area contributed by atoms with Crippen LogP contribution in [0.15, 0.2) is 60.7 Å². The highest BCUT2D eigenvalue weighted by Crippen LogP contribution is 2.21. The zero-order valence-electron chi connectivity index (χ0n) is 17.8. The van der Waals surface area contributed by atoms with E-state index in [4.69, 9.17) is 14.7 Å². The number of benzene rings is 2. The van der Waals surface area contributed by atoms with Gasteiger partial charge in [0, 0.05) is 5.57 Å². The van der Waals surface area contributed by atoms with Crippen LogP contribution in [0.1, 0.15) is 49.3 Å². The molecule has 2 rings (SSSR count). The van der Waals surface area contributed by atoms with Crippen molar-refractivity contribution in [3.63, 3.8) is 0 Å². The van der Waals surface area contributed by atoms with Crippen molar-refractivity contribution in [2.45, 2.75) is 32.6 Å². The van der Waals surface area contributed by atoms with Gasteiger partial charge in [0.15, 0.2) is 0 Å². The Kier molecular flexibility index (Phi) is 9.59. The Labute approximate surface area is 183 Å². The summed E-state index contributed by atoms with van der Waals surface area (Å²) in [6, 6.07) is 18.8. The lowest BCUT2D eigenvalue weighted by Crippen LogP contribution is -2.06. The van der Waals surface area contributed by atoms with Gasteiger partial charge in [-0.3, -0.25) is 0 Å². The molecule has 31 heavy (non-hydrogen) atoms. The van der Waals surface area contributed by atoms with Crippen molar-refractivity contribution < 1.29 is 14.3 Å². The van der Waals surface area contributed by atoms with E-state index < -0.39 is 0 Å². The molecule has 0 aliphatic carbocycles. The van der Waals surface area contributed by atoms with Crippen molar-refractivity contribution in [3.8, 4) is 17.9 Å². The summed E-state index contributed by atoms with van der Waals surface area (Å²) in [7, 11) is 0. The van der Waals surface area contributed by atoms with Crippen LogP contribution in [-0.2, 0) is 9.53 Å². The maximum atomic E-state index is 11.3. The van der Waals surface area contributed by atoms with Gasteiger partial charge in [-0.25, -0.2) is 4.79 Å². The third kappa shape index (κ3) is 8.20. The smallest absolute Gasteiger partial charge is 0.333 e. The van der Waals surface area contributed by atoms with E-state index in [0.29, 0.717) is 29.9 Å². The maximum Gasteiger partial charge on any atom is 0.333 e. The van der Waals surface area contributed by atoms with Crippen LogP contribution in [0.25, 0.3) is 11.6 Å². The second kappa shape index (κ2) is 12.7. The van der Waals surface area contributed by atoms with Gasteiger partial charge in [0.1, 0.15) is 5.75 Å². The third-order valence-electron chi connectivity index (χ3n) is 4.53. The number of nitrogens with zero attached hydrogens (tertiary/aromatic N) is 2. The fourth-order valence-corrected chi connectivity index (χ4v) is 2.77. The lowest BCUT2D eigenvalue weighted by atomic mass is 10.0. The Morgan fingerprint density at radius 2 is 1.61 bits per heavy atom. The number of esters is 1. The Hall–Kier alpha value is -3.83. The summed E-state index contributed by atoms with van der Waals surface area (Å²) >= 11 is 0. The average Bonchev–Trinajstić information content (AvgIpc) is 2.79. The van der Waals surface area contributed by atoms with Crippen molar-refractivity contribution in [1.29, 1.82) is 10.5 Å². The molecule has 0 aliphatic heterocycles. The highest BCUT2D eigenvalue weighted by atomic mass is 16.5. The van der Waals surface area contributed by atoms with Gasteiger partial charge in [-0.2, -0.15) is 10.5 Å². The first-order valence-electron chi connectivity index (χ1n) is 10.2. The second-order valence-electron chi connectivity index (χ2n) is 7.11. The van der Waals surface area contributed by atoms with Crippen LogP contribution >= 0.6 is 0 Å². The SMILES string of the molecule is C=C(C)C(=O)OCCCCCCOc1ccc(/C(C#N)=C/c2ccc(C#N)cc2)cc1. The van der Waals surface area contributed by atoms with Crippen LogP contribution in [0.2, 0.25) is 0 Å². The van der Waals surface area contributed by atoms with Gasteiger partial charge >= 0.3 is 5.97 Å². The summed E-state index contributed by atoms with van der Waals surface area (Å²) in [5, 5.41) is 18.4. The van der Waals surface area contributed by atoms with Crippen LogP contribution in [0.5, 0.6) is 5.75 Å². The number of unbranched alkanes of at least 4 members (excludes halogenated alkanes) is 3. The van der Waals surface area contributed by atoms with Gasteiger partial charge in [0.05, 0.1) is 36.5 Å². The summed E-state index contributed by atoms with van der Waals surface area (Å²) in [6.07, 6.45) is 5.51. The molecule has 0 bridgehead atoms. The normalized spacial score (nSPS) is 10.6. The molecule has 0 atom stereocenters. The minimum atomic E-state index is -0.335. The number of carbonyl (C=O) groups is 1. The van der Waals surface area contributed by atoms with Gasteiger partial charge in [0.25, 0.3) is 0 Å². The van der Waals surface area contributed by atoms with E-state index in [2.05, 4.69) is 18.7 Å². The van der Waals surface area contributed by atoms with Gasteiger partial charge in [-0.05, 0) is 86.2 Å². The molecule has 2 aromatic carbocycles. The summed E-state index contributed by atoms with van der Waals surface area (Å²) < 4.78 is 10.8.